The summed E-state index contributed by atoms with van der Waals surface area (Å²) in [5.41, 5.74) is 23.9. The van der Waals surface area contributed by atoms with Crippen LogP contribution in [0.2, 0.25) is 0 Å². The number of nitrogens with zero attached hydrogens (tertiary/aromatic N) is 3. The molecule has 2 aliphatic heterocycles. The molecule has 0 aliphatic carbocycles. The summed E-state index contributed by atoms with van der Waals surface area (Å²) in [4.78, 5) is 7.52. The second-order valence-corrected chi connectivity index (χ2v) is 17.0. The molecule has 0 saturated carbocycles. The fourth-order valence-electron chi connectivity index (χ4n) is 9.77. The first-order valence-electron chi connectivity index (χ1n) is 21.6. The van der Waals surface area contributed by atoms with Gasteiger partial charge in [-0.25, -0.2) is 0 Å². The van der Waals surface area contributed by atoms with Crippen LogP contribution < -0.4 is 31.1 Å². The third-order valence-electron chi connectivity index (χ3n) is 12.6. The van der Waals surface area contributed by atoms with Crippen LogP contribution in [0.1, 0.15) is 22.3 Å². The van der Waals surface area contributed by atoms with Gasteiger partial charge in [0.25, 0.3) is 6.71 Å². The fraction of sp³-hybridized carbons (Fsp3) is 0.0690. The minimum Gasteiger partial charge on any atom is -0.311 e. The van der Waals surface area contributed by atoms with E-state index in [1.54, 1.807) is 0 Å². The fourth-order valence-corrected chi connectivity index (χ4v) is 9.77. The molecule has 0 bridgehead atoms. The Morgan fingerprint density at radius 1 is 0.323 bits per heavy atom. The first-order valence-corrected chi connectivity index (χ1v) is 21.6. The Balaban J connectivity index is 1.25. The maximum absolute atomic E-state index is 2.53. The normalized spacial score (nSPS) is 12.4. The molecule has 3 nitrogen and oxygen atoms in total. The summed E-state index contributed by atoms with van der Waals surface area (Å²) in [5, 5.41) is 0. The number of anilines is 9. The van der Waals surface area contributed by atoms with Gasteiger partial charge in [0.2, 0.25) is 0 Å². The maximum Gasteiger partial charge on any atom is 0.252 e. The summed E-state index contributed by atoms with van der Waals surface area (Å²) in [6, 6.07) is 76.4. The molecule has 296 valence electrons. The van der Waals surface area contributed by atoms with E-state index in [0.717, 1.165) is 28.4 Å². The topological polar surface area (TPSA) is 9.72 Å². The lowest BCUT2D eigenvalue weighted by atomic mass is 9.33. The second-order valence-electron chi connectivity index (χ2n) is 17.0. The Labute approximate surface area is 365 Å². The van der Waals surface area contributed by atoms with Crippen LogP contribution in [0, 0.1) is 27.7 Å². The molecule has 0 aromatic heterocycles. The van der Waals surface area contributed by atoms with Crippen LogP contribution in [-0.2, 0) is 0 Å². The molecule has 0 saturated heterocycles. The lowest BCUT2D eigenvalue weighted by molar-refractivity contribution is 1.21. The van der Waals surface area contributed by atoms with Crippen molar-refractivity contribution in [1.29, 1.82) is 0 Å². The molecule has 0 amide bonds. The maximum atomic E-state index is 2.53. The second kappa shape index (κ2) is 15.2. The van der Waals surface area contributed by atoms with Crippen LogP contribution in [0.5, 0.6) is 0 Å². The van der Waals surface area contributed by atoms with Crippen molar-refractivity contribution in [3.8, 4) is 22.3 Å². The van der Waals surface area contributed by atoms with Crippen LogP contribution in [0.15, 0.2) is 206 Å². The smallest absolute Gasteiger partial charge is 0.252 e. The van der Waals surface area contributed by atoms with E-state index in [-0.39, 0.29) is 6.71 Å². The molecule has 2 heterocycles. The van der Waals surface area contributed by atoms with Crippen LogP contribution in [0.3, 0.4) is 0 Å². The zero-order valence-corrected chi connectivity index (χ0v) is 35.5. The van der Waals surface area contributed by atoms with Crippen molar-refractivity contribution in [2.24, 2.45) is 0 Å². The molecule has 0 atom stereocenters. The first kappa shape index (κ1) is 37.4. The van der Waals surface area contributed by atoms with Gasteiger partial charge in [0.15, 0.2) is 0 Å². The minimum absolute atomic E-state index is 0.0265. The highest BCUT2D eigenvalue weighted by Gasteiger charge is 2.44. The quantitative estimate of drug-likeness (QED) is 0.149. The van der Waals surface area contributed by atoms with Gasteiger partial charge in [-0.1, -0.05) is 133 Å². The number of benzene rings is 9. The van der Waals surface area contributed by atoms with E-state index in [4.69, 9.17) is 0 Å². The zero-order chi connectivity index (χ0) is 41.9. The van der Waals surface area contributed by atoms with Gasteiger partial charge >= 0.3 is 0 Å². The van der Waals surface area contributed by atoms with Gasteiger partial charge in [-0.15, -0.1) is 0 Å². The van der Waals surface area contributed by atoms with E-state index in [9.17, 15) is 0 Å². The summed E-state index contributed by atoms with van der Waals surface area (Å²) in [6.07, 6.45) is 0. The predicted molar refractivity (Wildman–Crippen MR) is 265 cm³/mol. The summed E-state index contributed by atoms with van der Waals surface area (Å²) < 4.78 is 0. The van der Waals surface area contributed by atoms with Crippen molar-refractivity contribution in [1.82, 2.24) is 0 Å². The number of aryl methyl sites for hydroxylation is 4. The monoisotopic (exact) mass is 795 g/mol. The summed E-state index contributed by atoms with van der Waals surface area (Å²) in [7, 11) is 0. The van der Waals surface area contributed by atoms with Crippen LogP contribution in [0.25, 0.3) is 22.3 Å². The third-order valence-corrected chi connectivity index (χ3v) is 12.6. The Bertz CT molecular complexity index is 2950. The van der Waals surface area contributed by atoms with Gasteiger partial charge < -0.3 is 14.7 Å². The Morgan fingerprint density at radius 3 is 1.19 bits per heavy atom. The van der Waals surface area contributed by atoms with Crippen molar-refractivity contribution in [3.05, 3.63) is 229 Å². The average molecular weight is 796 g/mol. The van der Waals surface area contributed by atoms with Crippen molar-refractivity contribution in [2.75, 3.05) is 14.7 Å². The van der Waals surface area contributed by atoms with E-state index in [1.807, 2.05) is 0 Å². The Hall–Kier alpha value is -7.56. The van der Waals surface area contributed by atoms with Crippen LogP contribution in [0.4, 0.5) is 51.2 Å². The lowest BCUT2D eigenvalue weighted by Gasteiger charge is -2.45. The molecule has 0 radical (unpaired) electrons. The van der Waals surface area contributed by atoms with Crippen LogP contribution in [-0.4, -0.2) is 6.71 Å². The minimum atomic E-state index is 0.0265. The highest BCUT2D eigenvalue weighted by atomic mass is 15.2. The summed E-state index contributed by atoms with van der Waals surface area (Å²) in [6.45, 7) is 8.84. The molecule has 4 heteroatoms. The van der Waals surface area contributed by atoms with Crippen molar-refractivity contribution >= 4 is 74.3 Å². The van der Waals surface area contributed by atoms with E-state index in [1.165, 1.54) is 83.6 Å². The SMILES string of the molecule is Cc1cccc(N2c3cc(C)ccc3B3c4ccc(C)cc4N(c4cccc(C)c4)c4cc(N(c5cccc(-c6ccccc6)c5)c5cccc(-c6ccccc6)c5)cc2c43)c1. The molecular weight excluding hydrogens is 749 g/mol. The van der Waals surface area contributed by atoms with Gasteiger partial charge in [0, 0.05) is 45.5 Å². The van der Waals surface area contributed by atoms with Crippen molar-refractivity contribution < 1.29 is 0 Å². The van der Waals surface area contributed by atoms with Gasteiger partial charge in [-0.2, -0.15) is 0 Å². The van der Waals surface area contributed by atoms with Crippen molar-refractivity contribution in [2.45, 2.75) is 27.7 Å². The van der Waals surface area contributed by atoms with Crippen molar-refractivity contribution in [3.63, 3.8) is 0 Å². The lowest BCUT2D eigenvalue weighted by Crippen LogP contribution is -2.61. The molecule has 9 aromatic rings. The van der Waals surface area contributed by atoms with Gasteiger partial charge in [-0.05, 0) is 161 Å². The van der Waals surface area contributed by atoms with Gasteiger partial charge in [0.1, 0.15) is 0 Å². The summed E-state index contributed by atoms with van der Waals surface area (Å²) >= 11 is 0. The Morgan fingerprint density at radius 2 is 0.742 bits per heavy atom. The molecule has 62 heavy (non-hydrogen) atoms. The van der Waals surface area contributed by atoms with Gasteiger partial charge in [0.05, 0.1) is 5.69 Å². The van der Waals surface area contributed by atoms with Crippen LogP contribution >= 0.6 is 0 Å². The largest absolute Gasteiger partial charge is 0.311 e. The summed E-state index contributed by atoms with van der Waals surface area (Å²) in [5.74, 6) is 0. The van der Waals surface area contributed by atoms with Gasteiger partial charge in [-0.3, -0.25) is 0 Å². The van der Waals surface area contributed by atoms with E-state index >= 15 is 0 Å². The number of hydrogen-bond donors (Lipinski definition) is 0. The molecule has 0 N–H and O–H groups in total. The standard InChI is InChI=1S/C58H46BN3/c1-39-15-11-23-47(31-39)61-54-33-41(3)27-29-52(54)59-53-30-28-42(4)34-55(53)62(48-24-12-16-40(2)32-48)57-38-51(37-56(61)58(57)59)60(49-25-13-21-45(35-49)43-17-7-5-8-18-43)50-26-14-22-46(36-50)44-19-9-6-10-20-44/h5-38H,1-4H3. The van der Waals surface area contributed by atoms with E-state index in [2.05, 4.69) is 249 Å². The average Bonchev–Trinajstić information content (AvgIpc) is 3.29. The molecule has 11 rings (SSSR count). The van der Waals surface area contributed by atoms with E-state index in [0.29, 0.717) is 0 Å². The number of rotatable bonds is 7. The predicted octanol–water partition coefficient (Wildman–Crippen LogP) is 13.8. The third kappa shape index (κ3) is 6.47. The molecular formula is C58H46BN3. The molecule has 0 fully saturated rings. The molecule has 0 spiro atoms. The number of hydrogen-bond acceptors (Lipinski definition) is 3. The first-order chi connectivity index (χ1) is 30.4. The highest BCUT2D eigenvalue weighted by Crippen LogP contribution is 2.49. The molecule has 9 aromatic carbocycles. The highest BCUT2D eigenvalue weighted by molar-refractivity contribution is 7.00. The number of fused-ring (bicyclic) bond motifs is 4. The zero-order valence-electron chi connectivity index (χ0n) is 35.5. The van der Waals surface area contributed by atoms with E-state index < -0.39 is 0 Å². The Kier molecular flexibility index (Phi) is 9.16. The molecule has 2 aliphatic rings. The molecule has 0 unspecified atom stereocenters.